The lowest BCUT2D eigenvalue weighted by Gasteiger charge is -2.26. The molecule has 2 aromatic rings. The number of ether oxygens (including phenoxy) is 2. The number of likely N-dealkylation sites (tertiary alicyclic amines) is 1. The van der Waals surface area contributed by atoms with Crippen LogP contribution in [0.25, 0.3) is 0 Å². The van der Waals surface area contributed by atoms with Gasteiger partial charge in [0.2, 0.25) is 0 Å². The lowest BCUT2D eigenvalue weighted by Crippen LogP contribution is -2.37. The molecule has 0 spiro atoms. The van der Waals surface area contributed by atoms with Gasteiger partial charge in [-0.1, -0.05) is 23.7 Å². The average Bonchev–Trinajstić information content (AvgIpc) is 3.25. The second kappa shape index (κ2) is 8.84. The Bertz CT molecular complexity index is 819. The summed E-state index contributed by atoms with van der Waals surface area (Å²) in [5.74, 6) is 1.35. The maximum atomic E-state index is 13.3. The predicted octanol–water partition coefficient (Wildman–Crippen LogP) is 3.85. The Morgan fingerprint density at radius 1 is 1.00 bits per heavy atom. The van der Waals surface area contributed by atoms with Gasteiger partial charge in [-0.2, -0.15) is 0 Å². The first-order valence-corrected chi connectivity index (χ1v) is 10.2. The van der Waals surface area contributed by atoms with E-state index in [1.54, 1.807) is 6.07 Å². The third-order valence-corrected chi connectivity index (χ3v) is 5.50. The lowest BCUT2D eigenvalue weighted by atomic mass is 10.1. The Labute approximate surface area is 170 Å². The van der Waals surface area contributed by atoms with Crippen molar-refractivity contribution in [2.75, 3.05) is 39.4 Å². The Morgan fingerprint density at radius 3 is 2.46 bits per heavy atom. The van der Waals surface area contributed by atoms with E-state index in [2.05, 4.69) is 4.90 Å². The third-order valence-electron chi connectivity index (χ3n) is 5.25. The van der Waals surface area contributed by atoms with E-state index >= 15 is 0 Å². The van der Waals surface area contributed by atoms with Gasteiger partial charge in [-0.3, -0.25) is 4.79 Å². The number of carbonyl (C=O) groups is 1. The molecule has 0 bridgehead atoms. The van der Waals surface area contributed by atoms with Crippen LogP contribution in [0.15, 0.2) is 42.5 Å². The second-order valence-electron chi connectivity index (χ2n) is 7.26. The molecular weight excluding hydrogens is 376 g/mol. The summed E-state index contributed by atoms with van der Waals surface area (Å²) in [6.45, 7) is 5.42. The average molecular weight is 401 g/mol. The number of hydrogen-bond donors (Lipinski definition) is 0. The predicted molar refractivity (Wildman–Crippen MR) is 109 cm³/mol. The maximum Gasteiger partial charge on any atom is 0.254 e. The summed E-state index contributed by atoms with van der Waals surface area (Å²) in [7, 11) is 0. The van der Waals surface area contributed by atoms with Crippen molar-refractivity contribution in [2.45, 2.75) is 19.4 Å². The molecule has 2 aromatic carbocycles. The van der Waals surface area contributed by atoms with E-state index in [1.807, 2.05) is 41.3 Å². The summed E-state index contributed by atoms with van der Waals surface area (Å²) >= 11 is 6.01. The number of fused-ring (bicyclic) bond motifs is 1. The number of nitrogens with zero attached hydrogens (tertiary/aromatic N) is 2. The van der Waals surface area contributed by atoms with Gasteiger partial charge in [0, 0.05) is 30.2 Å². The number of carbonyl (C=O) groups excluding carboxylic acids is 1. The van der Waals surface area contributed by atoms with Crippen molar-refractivity contribution in [3.05, 3.63) is 58.6 Å². The number of benzene rings is 2. The minimum Gasteiger partial charge on any atom is -0.486 e. The van der Waals surface area contributed by atoms with Gasteiger partial charge in [0.1, 0.15) is 13.2 Å². The van der Waals surface area contributed by atoms with Crippen LogP contribution in [0.4, 0.5) is 0 Å². The molecule has 2 aliphatic rings. The topological polar surface area (TPSA) is 42.0 Å². The standard InChI is InChI=1S/C22H25ClN2O3/c23-19-6-3-17(4-7-19)16-25(12-11-24-9-1-2-10-24)22(26)18-5-8-20-21(15-18)28-14-13-27-20/h3-8,15H,1-2,9-14,16H2. The van der Waals surface area contributed by atoms with Crippen molar-refractivity contribution in [2.24, 2.45) is 0 Å². The molecule has 2 heterocycles. The SMILES string of the molecule is O=C(c1ccc2c(c1)OCCO2)N(CCN1CCCC1)Cc1ccc(Cl)cc1. The van der Waals surface area contributed by atoms with E-state index in [-0.39, 0.29) is 5.91 Å². The molecule has 5 nitrogen and oxygen atoms in total. The Kier molecular flexibility index (Phi) is 6.03. The van der Waals surface area contributed by atoms with E-state index in [4.69, 9.17) is 21.1 Å². The first-order chi connectivity index (χ1) is 13.7. The fourth-order valence-corrected chi connectivity index (χ4v) is 3.82. The summed E-state index contributed by atoms with van der Waals surface area (Å²) in [6.07, 6.45) is 2.49. The molecular formula is C22H25ClN2O3. The molecule has 0 saturated carbocycles. The summed E-state index contributed by atoms with van der Waals surface area (Å²) in [6, 6.07) is 13.1. The molecule has 0 atom stereocenters. The largest absolute Gasteiger partial charge is 0.486 e. The van der Waals surface area contributed by atoms with Gasteiger partial charge in [0.25, 0.3) is 5.91 Å². The fourth-order valence-electron chi connectivity index (χ4n) is 3.69. The number of rotatable bonds is 6. The smallest absolute Gasteiger partial charge is 0.254 e. The molecule has 0 aliphatic carbocycles. The van der Waals surface area contributed by atoms with Crippen LogP contribution in [0.1, 0.15) is 28.8 Å². The normalized spacial score (nSPS) is 16.2. The molecule has 0 radical (unpaired) electrons. The van der Waals surface area contributed by atoms with Crippen LogP contribution in [0, 0.1) is 0 Å². The molecule has 148 valence electrons. The van der Waals surface area contributed by atoms with Gasteiger partial charge in [-0.05, 0) is 61.8 Å². The van der Waals surface area contributed by atoms with Gasteiger partial charge >= 0.3 is 0 Å². The number of amides is 1. The van der Waals surface area contributed by atoms with E-state index in [0.29, 0.717) is 48.4 Å². The minimum atomic E-state index is 0.00567. The quantitative estimate of drug-likeness (QED) is 0.738. The molecule has 1 amide bonds. The van der Waals surface area contributed by atoms with Gasteiger partial charge in [-0.25, -0.2) is 0 Å². The molecule has 28 heavy (non-hydrogen) atoms. The summed E-state index contributed by atoms with van der Waals surface area (Å²) in [5.41, 5.74) is 1.69. The first kappa shape index (κ1) is 19.1. The van der Waals surface area contributed by atoms with E-state index in [0.717, 1.165) is 25.2 Å². The highest BCUT2D eigenvalue weighted by molar-refractivity contribution is 6.30. The van der Waals surface area contributed by atoms with Crippen LogP contribution in [0.3, 0.4) is 0 Å². The van der Waals surface area contributed by atoms with E-state index < -0.39 is 0 Å². The van der Waals surface area contributed by atoms with E-state index in [9.17, 15) is 4.79 Å². The minimum absolute atomic E-state index is 0.00567. The van der Waals surface area contributed by atoms with Crippen molar-refractivity contribution >= 4 is 17.5 Å². The van der Waals surface area contributed by atoms with E-state index in [1.165, 1.54) is 12.8 Å². The molecule has 0 unspecified atom stereocenters. The van der Waals surface area contributed by atoms with Gasteiger partial charge in [-0.15, -0.1) is 0 Å². The van der Waals surface area contributed by atoms with Crippen molar-refractivity contribution in [1.82, 2.24) is 9.80 Å². The van der Waals surface area contributed by atoms with Crippen LogP contribution >= 0.6 is 11.6 Å². The highest BCUT2D eigenvalue weighted by Gasteiger charge is 2.21. The monoisotopic (exact) mass is 400 g/mol. The van der Waals surface area contributed by atoms with Crippen molar-refractivity contribution < 1.29 is 14.3 Å². The summed E-state index contributed by atoms with van der Waals surface area (Å²) < 4.78 is 11.2. The summed E-state index contributed by atoms with van der Waals surface area (Å²) in [4.78, 5) is 17.6. The molecule has 2 aliphatic heterocycles. The van der Waals surface area contributed by atoms with Crippen LogP contribution in [-0.2, 0) is 6.54 Å². The highest BCUT2D eigenvalue weighted by Crippen LogP contribution is 2.31. The molecule has 4 rings (SSSR count). The van der Waals surface area contributed by atoms with Crippen LogP contribution < -0.4 is 9.47 Å². The zero-order chi connectivity index (χ0) is 19.3. The Balaban J connectivity index is 1.52. The maximum absolute atomic E-state index is 13.3. The molecule has 1 saturated heterocycles. The van der Waals surface area contributed by atoms with Crippen LogP contribution in [0.2, 0.25) is 5.02 Å². The number of hydrogen-bond acceptors (Lipinski definition) is 4. The Morgan fingerprint density at radius 2 is 1.71 bits per heavy atom. The van der Waals surface area contributed by atoms with Crippen LogP contribution in [0.5, 0.6) is 11.5 Å². The zero-order valence-electron chi connectivity index (χ0n) is 15.9. The third kappa shape index (κ3) is 4.59. The van der Waals surface area contributed by atoms with Gasteiger partial charge < -0.3 is 19.3 Å². The zero-order valence-corrected chi connectivity index (χ0v) is 16.7. The second-order valence-corrected chi connectivity index (χ2v) is 7.70. The molecule has 0 aromatic heterocycles. The van der Waals surface area contributed by atoms with Crippen LogP contribution in [-0.4, -0.2) is 55.1 Å². The van der Waals surface area contributed by atoms with Crippen molar-refractivity contribution in [3.63, 3.8) is 0 Å². The van der Waals surface area contributed by atoms with Gasteiger partial charge in [0.15, 0.2) is 11.5 Å². The summed E-state index contributed by atoms with van der Waals surface area (Å²) in [5, 5.41) is 0.700. The Hall–Kier alpha value is -2.24. The fraction of sp³-hybridized carbons (Fsp3) is 0.409. The lowest BCUT2D eigenvalue weighted by molar-refractivity contribution is 0.0726. The molecule has 1 fully saturated rings. The highest BCUT2D eigenvalue weighted by atomic mass is 35.5. The first-order valence-electron chi connectivity index (χ1n) is 9.85. The van der Waals surface area contributed by atoms with Gasteiger partial charge in [0.05, 0.1) is 0 Å². The van der Waals surface area contributed by atoms with Crippen molar-refractivity contribution in [1.29, 1.82) is 0 Å². The van der Waals surface area contributed by atoms with Crippen molar-refractivity contribution in [3.8, 4) is 11.5 Å². The molecule has 6 heteroatoms. The number of halogens is 1. The molecule has 0 N–H and O–H groups in total.